The number of aliphatic imine (C=N–C) groups is 1. The lowest BCUT2D eigenvalue weighted by Crippen LogP contribution is -2.53. The maximum Gasteiger partial charge on any atom is 0.225 e. The van der Waals surface area contributed by atoms with E-state index in [2.05, 4.69) is 30.3 Å². The molecule has 0 aromatic carbocycles. The Bertz CT molecular complexity index is 582. The molecule has 0 spiro atoms. The number of piperidine rings is 1. The van der Waals surface area contributed by atoms with Crippen molar-refractivity contribution < 1.29 is 9.59 Å². The number of guanidine groups is 1. The van der Waals surface area contributed by atoms with E-state index < -0.39 is 0 Å². The number of hydrogen-bond acceptors (Lipinski definition) is 4. The van der Waals surface area contributed by atoms with Gasteiger partial charge in [-0.2, -0.15) is 0 Å². The summed E-state index contributed by atoms with van der Waals surface area (Å²) >= 11 is 0. The van der Waals surface area contributed by atoms with Gasteiger partial charge < -0.3 is 20.4 Å². The van der Waals surface area contributed by atoms with Crippen molar-refractivity contribution in [2.45, 2.75) is 38.5 Å². The molecule has 2 aliphatic heterocycles. The first-order valence-corrected chi connectivity index (χ1v) is 11.3. The molecule has 2 N–H and O–H groups in total. The highest BCUT2D eigenvalue weighted by Gasteiger charge is 2.31. The number of carbonyl (C=O) groups excluding carboxylic acids is 2. The summed E-state index contributed by atoms with van der Waals surface area (Å²) < 4.78 is 0. The van der Waals surface area contributed by atoms with Crippen LogP contribution in [0.15, 0.2) is 4.99 Å². The molecule has 0 bridgehead atoms. The van der Waals surface area contributed by atoms with Gasteiger partial charge in [-0.05, 0) is 31.6 Å². The number of halogens is 1. The monoisotopic (exact) mass is 534 g/mol. The molecule has 3 aliphatic rings. The van der Waals surface area contributed by atoms with E-state index in [9.17, 15) is 9.59 Å². The predicted octanol–water partition coefficient (Wildman–Crippen LogP) is 0.972. The van der Waals surface area contributed by atoms with E-state index in [4.69, 9.17) is 0 Å². The summed E-state index contributed by atoms with van der Waals surface area (Å²) in [7, 11) is 3.54. The van der Waals surface area contributed by atoms with Crippen LogP contribution in [0.4, 0.5) is 0 Å². The fourth-order valence-electron chi connectivity index (χ4n) is 4.48. The quantitative estimate of drug-likeness (QED) is 0.302. The van der Waals surface area contributed by atoms with Gasteiger partial charge in [-0.1, -0.05) is 6.42 Å². The summed E-state index contributed by atoms with van der Waals surface area (Å²) in [6.45, 7) is 7.38. The summed E-state index contributed by atoms with van der Waals surface area (Å²) in [5, 5.41) is 6.22. The number of likely N-dealkylation sites (tertiary alicyclic amines) is 1. The molecule has 0 aromatic rings. The summed E-state index contributed by atoms with van der Waals surface area (Å²) in [5.74, 6) is 2.27. The molecule has 8 nitrogen and oxygen atoms in total. The maximum absolute atomic E-state index is 12.4. The first-order valence-electron chi connectivity index (χ1n) is 11.3. The van der Waals surface area contributed by atoms with E-state index in [1.807, 2.05) is 7.05 Å². The molecule has 0 atom stereocenters. The van der Waals surface area contributed by atoms with Gasteiger partial charge in [0, 0.05) is 78.8 Å². The first kappa shape index (κ1) is 25.2. The Morgan fingerprint density at radius 2 is 1.63 bits per heavy atom. The van der Waals surface area contributed by atoms with E-state index in [0.717, 1.165) is 84.0 Å². The van der Waals surface area contributed by atoms with Gasteiger partial charge >= 0.3 is 0 Å². The third-order valence-corrected chi connectivity index (χ3v) is 6.73. The minimum atomic E-state index is 0. The topological polar surface area (TPSA) is 80.3 Å². The van der Waals surface area contributed by atoms with Crippen LogP contribution in [0.5, 0.6) is 0 Å². The van der Waals surface area contributed by atoms with E-state index in [1.54, 1.807) is 7.05 Å². The lowest BCUT2D eigenvalue weighted by atomic mass is 9.84. The summed E-state index contributed by atoms with van der Waals surface area (Å²) in [6, 6.07) is 0. The van der Waals surface area contributed by atoms with Gasteiger partial charge in [-0.3, -0.25) is 19.5 Å². The van der Waals surface area contributed by atoms with Gasteiger partial charge in [0.2, 0.25) is 11.8 Å². The molecule has 2 heterocycles. The van der Waals surface area contributed by atoms with Gasteiger partial charge in [0.25, 0.3) is 0 Å². The molecular weight excluding hydrogens is 495 g/mol. The van der Waals surface area contributed by atoms with Crippen molar-refractivity contribution in [3.8, 4) is 0 Å². The normalized spacial score (nSPS) is 21.6. The number of nitrogens with zero attached hydrogens (tertiary/aromatic N) is 4. The zero-order chi connectivity index (χ0) is 20.6. The second-order valence-corrected chi connectivity index (χ2v) is 8.58. The van der Waals surface area contributed by atoms with E-state index in [0.29, 0.717) is 24.2 Å². The number of hydrogen-bond donors (Lipinski definition) is 2. The second-order valence-electron chi connectivity index (χ2n) is 8.58. The molecule has 3 fully saturated rings. The highest BCUT2D eigenvalue weighted by Crippen LogP contribution is 2.28. The number of rotatable bonds is 6. The first-order chi connectivity index (χ1) is 14.1. The third-order valence-electron chi connectivity index (χ3n) is 6.73. The van der Waals surface area contributed by atoms with E-state index >= 15 is 0 Å². The Kier molecular flexibility index (Phi) is 10.6. The summed E-state index contributed by atoms with van der Waals surface area (Å²) in [5.41, 5.74) is 0. The standard InChI is InChI=1S/C21H38N6O2.HI/c1-22-19(28)16-17-6-9-27(10-7-17)21(23-2)24-8-11-25-12-14-26(15-13-25)20(29)18-4-3-5-18;/h17-18H,3-16H2,1-2H3,(H,22,28)(H,23,24);1H. The fraction of sp³-hybridized carbons (Fsp3) is 0.857. The lowest BCUT2D eigenvalue weighted by molar-refractivity contribution is -0.139. The van der Waals surface area contributed by atoms with Crippen LogP contribution in [0.1, 0.15) is 38.5 Å². The highest BCUT2D eigenvalue weighted by molar-refractivity contribution is 14.0. The van der Waals surface area contributed by atoms with Gasteiger partial charge in [-0.15, -0.1) is 24.0 Å². The summed E-state index contributed by atoms with van der Waals surface area (Å²) in [4.78, 5) is 35.2. The number of piperazine rings is 1. The molecule has 9 heteroatoms. The predicted molar refractivity (Wildman–Crippen MR) is 130 cm³/mol. The largest absolute Gasteiger partial charge is 0.359 e. The van der Waals surface area contributed by atoms with Gasteiger partial charge in [-0.25, -0.2) is 0 Å². The zero-order valence-electron chi connectivity index (χ0n) is 18.6. The molecule has 2 amide bonds. The number of carbonyl (C=O) groups is 2. The zero-order valence-corrected chi connectivity index (χ0v) is 20.9. The van der Waals surface area contributed by atoms with Gasteiger partial charge in [0.05, 0.1) is 0 Å². The molecule has 0 aromatic heterocycles. The van der Waals surface area contributed by atoms with Crippen LogP contribution < -0.4 is 10.6 Å². The molecule has 3 rings (SSSR count). The van der Waals surface area contributed by atoms with Crippen LogP contribution in [0.25, 0.3) is 0 Å². The molecule has 0 radical (unpaired) electrons. The average molecular weight is 534 g/mol. The molecule has 0 unspecified atom stereocenters. The maximum atomic E-state index is 12.4. The van der Waals surface area contributed by atoms with Crippen LogP contribution in [0, 0.1) is 11.8 Å². The minimum absolute atomic E-state index is 0. The second kappa shape index (κ2) is 12.7. The molecule has 1 saturated carbocycles. The molecule has 1 aliphatic carbocycles. The van der Waals surface area contributed by atoms with E-state index in [-0.39, 0.29) is 29.9 Å². The van der Waals surface area contributed by atoms with Crippen LogP contribution >= 0.6 is 24.0 Å². The van der Waals surface area contributed by atoms with Crippen molar-refractivity contribution in [2.75, 3.05) is 66.5 Å². The van der Waals surface area contributed by atoms with Crippen LogP contribution in [0.2, 0.25) is 0 Å². The fourth-order valence-corrected chi connectivity index (χ4v) is 4.48. The lowest BCUT2D eigenvalue weighted by Gasteiger charge is -2.38. The van der Waals surface area contributed by atoms with E-state index in [1.165, 1.54) is 6.42 Å². The minimum Gasteiger partial charge on any atom is -0.359 e. The van der Waals surface area contributed by atoms with Crippen molar-refractivity contribution in [1.29, 1.82) is 0 Å². The van der Waals surface area contributed by atoms with Crippen LogP contribution in [-0.2, 0) is 9.59 Å². The van der Waals surface area contributed by atoms with Gasteiger partial charge in [0.15, 0.2) is 5.96 Å². The Labute approximate surface area is 198 Å². The molecule has 172 valence electrons. The Hall–Kier alpha value is -1.10. The number of amides is 2. The van der Waals surface area contributed by atoms with Crippen molar-refractivity contribution in [3.05, 3.63) is 0 Å². The SMILES string of the molecule is CN=C(NCCN1CCN(C(=O)C2CCC2)CC1)N1CCC(CC(=O)NC)CC1.I. The molecular formula is C21H39IN6O2. The van der Waals surface area contributed by atoms with Crippen molar-refractivity contribution in [2.24, 2.45) is 16.8 Å². The molecule has 30 heavy (non-hydrogen) atoms. The molecule has 2 saturated heterocycles. The third kappa shape index (κ3) is 6.96. The van der Waals surface area contributed by atoms with Crippen molar-refractivity contribution in [3.63, 3.8) is 0 Å². The Balaban J connectivity index is 0.00000320. The Morgan fingerprint density at radius 3 is 2.17 bits per heavy atom. The van der Waals surface area contributed by atoms with Crippen molar-refractivity contribution >= 4 is 41.8 Å². The number of nitrogens with one attached hydrogen (secondary N) is 2. The van der Waals surface area contributed by atoms with Crippen LogP contribution in [-0.4, -0.2) is 98.9 Å². The van der Waals surface area contributed by atoms with Crippen molar-refractivity contribution in [1.82, 2.24) is 25.3 Å². The Morgan fingerprint density at radius 1 is 0.967 bits per heavy atom. The average Bonchev–Trinajstić information content (AvgIpc) is 2.71. The smallest absolute Gasteiger partial charge is 0.225 e. The highest BCUT2D eigenvalue weighted by atomic mass is 127. The van der Waals surface area contributed by atoms with Gasteiger partial charge in [0.1, 0.15) is 0 Å². The summed E-state index contributed by atoms with van der Waals surface area (Å²) in [6.07, 6.45) is 6.09. The van der Waals surface area contributed by atoms with Crippen LogP contribution in [0.3, 0.4) is 0 Å².